The Morgan fingerprint density at radius 1 is 1.41 bits per heavy atom. The lowest BCUT2D eigenvalue weighted by molar-refractivity contribution is -0.124. The van der Waals surface area contributed by atoms with E-state index in [4.69, 9.17) is 0 Å². The average molecular weight is 243 g/mol. The summed E-state index contributed by atoms with van der Waals surface area (Å²) in [6, 6.07) is -0.899. The van der Waals surface area contributed by atoms with E-state index in [9.17, 15) is 14.7 Å². The number of hydrogen-bond acceptors (Lipinski definition) is 4. The van der Waals surface area contributed by atoms with Crippen molar-refractivity contribution in [1.82, 2.24) is 16.0 Å². The molecule has 3 atom stereocenters. The van der Waals surface area contributed by atoms with Crippen molar-refractivity contribution in [2.45, 2.75) is 45.4 Å². The fourth-order valence-corrected chi connectivity index (χ4v) is 1.85. The van der Waals surface area contributed by atoms with Crippen molar-refractivity contribution < 1.29 is 14.7 Å². The molecule has 1 saturated carbocycles. The van der Waals surface area contributed by atoms with E-state index in [1.165, 1.54) is 7.05 Å². The summed E-state index contributed by atoms with van der Waals surface area (Å²) in [4.78, 5) is 22.5. The number of amides is 3. The van der Waals surface area contributed by atoms with Gasteiger partial charge in [-0.2, -0.15) is 0 Å². The maximum Gasteiger partial charge on any atom is 0.321 e. The first kappa shape index (κ1) is 13.9. The second-order valence-electron chi connectivity index (χ2n) is 5.08. The lowest BCUT2D eigenvalue weighted by Gasteiger charge is -2.50. The molecule has 6 nitrogen and oxygen atoms in total. The largest absolute Gasteiger partial charge is 0.392 e. The highest BCUT2D eigenvalue weighted by Crippen LogP contribution is 2.40. The molecule has 1 aliphatic carbocycles. The Morgan fingerprint density at radius 2 is 2.00 bits per heavy atom. The van der Waals surface area contributed by atoms with E-state index in [1.54, 1.807) is 6.92 Å². The lowest BCUT2D eigenvalue weighted by Crippen LogP contribution is -2.63. The van der Waals surface area contributed by atoms with Gasteiger partial charge in [0.05, 0.1) is 12.1 Å². The highest BCUT2D eigenvalue weighted by atomic mass is 16.3. The molecule has 0 aromatic carbocycles. The van der Waals surface area contributed by atoms with Gasteiger partial charge in [0.2, 0.25) is 5.91 Å². The number of rotatable bonds is 3. The van der Waals surface area contributed by atoms with Crippen LogP contribution in [0.25, 0.3) is 0 Å². The summed E-state index contributed by atoms with van der Waals surface area (Å²) in [6.45, 7) is 5.59. The number of imide groups is 1. The molecule has 1 aliphatic rings. The first-order valence-electron chi connectivity index (χ1n) is 5.75. The molecule has 17 heavy (non-hydrogen) atoms. The van der Waals surface area contributed by atoms with Crippen LogP contribution in [0.3, 0.4) is 0 Å². The minimum atomic E-state index is -0.517. The number of aliphatic hydroxyl groups excluding tert-OH is 1. The minimum Gasteiger partial charge on any atom is -0.392 e. The quantitative estimate of drug-likeness (QED) is 0.542. The van der Waals surface area contributed by atoms with Crippen LogP contribution in [0.1, 0.15) is 27.2 Å². The van der Waals surface area contributed by atoms with Crippen LogP contribution in [0.2, 0.25) is 0 Å². The third-order valence-corrected chi connectivity index (χ3v) is 3.52. The van der Waals surface area contributed by atoms with Crippen LogP contribution in [0.5, 0.6) is 0 Å². The van der Waals surface area contributed by atoms with Gasteiger partial charge in [-0.3, -0.25) is 10.1 Å². The molecule has 0 spiro atoms. The Morgan fingerprint density at radius 3 is 2.41 bits per heavy atom. The van der Waals surface area contributed by atoms with E-state index in [1.807, 2.05) is 13.8 Å². The van der Waals surface area contributed by atoms with E-state index in [-0.39, 0.29) is 23.5 Å². The Hall–Kier alpha value is -1.14. The van der Waals surface area contributed by atoms with Gasteiger partial charge < -0.3 is 15.7 Å². The first-order chi connectivity index (χ1) is 7.78. The molecule has 1 rings (SSSR count). The average Bonchev–Trinajstić information content (AvgIpc) is 2.28. The van der Waals surface area contributed by atoms with E-state index >= 15 is 0 Å². The maximum absolute atomic E-state index is 11.6. The summed E-state index contributed by atoms with van der Waals surface area (Å²) < 4.78 is 0. The molecule has 98 valence electrons. The summed E-state index contributed by atoms with van der Waals surface area (Å²) in [5.74, 6) is -0.374. The van der Waals surface area contributed by atoms with Crippen LogP contribution in [-0.2, 0) is 4.79 Å². The first-order valence-corrected chi connectivity index (χ1v) is 5.75. The summed E-state index contributed by atoms with van der Waals surface area (Å²) in [5.41, 5.74) is -0.235. The third-order valence-electron chi connectivity index (χ3n) is 3.52. The molecular weight excluding hydrogens is 222 g/mol. The van der Waals surface area contributed by atoms with Gasteiger partial charge in [-0.15, -0.1) is 0 Å². The van der Waals surface area contributed by atoms with Crippen molar-refractivity contribution >= 4 is 11.9 Å². The van der Waals surface area contributed by atoms with Crippen molar-refractivity contribution in [3.05, 3.63) is 0 Å². The predicted octanol–water partition coefficient (Wildman–Crippen LogP) is -0.420. The van der Waals surface area contributed by atoms with E-state index < -0.39 is 12.1 Å². The van der Waals surface area contributed by atoms with Crippen molar-refractivity contribution in [3.8, 4) is 0 Å². The van der Waals surface area contributed by atoms with Crippen molar-refractivity contribution in [1.29, 1.82) is 0 Å². The zero-order valence-electron chi connectivity index (χ0n) is 10.7. The van der Waals surface area contributed by atoms with Crippen LogP contribution >= 0.6 is 0 Å². The zero-order valence-corrected chi connectivity index (χ0v) is 10.7. The van der Waals surface area contributed by atoms with Crippen molar-refractivity contribution in [2.75, 3.05) is 7.05 Å². The third kappa shape index (κ3) is 2.95. The molecule has 0 aromatic heterocycles. The van der Waals surface area contributed by atoms with E-state index in [0.717, 1.165) is 0 Å². The molecule has 3 unspecified atom stereocenters. The van der Waals surface area contributed by atoms with Gasteiger partial charge >= 0.3 is 6.03 Å². The Bertz CT molecular complexity index is 317. The van der Waals surface area contributed by atoms with Crippen molar-refractivity contribution in [3.63, 3.8) is 0 Å². The molecule has 3 amide bonds. The van der Waals surface area contributed by atoms with Crippen LogP contribution in [0.4, 0.5) is 4.79 Å². The smallest absolute Gasteiger partial charge is 0.321 e. The predicted molar refractivity (Wildman–Crippen MR) is 63.4 cm³/mol. The summed E-state index contributed by atoms with van der Waals surface area (Å²) >= 11 is 0. The fraction of sp³-hybridized carbons (Fsp3) is 0.818. The molecule has 0 aliphatic heterocycles. The maximum atomic E-state index is 11.6. The minimum absolute atomic E-state index is 0.0861. The Labute approximate surface area is 101 Å². The number of nitrogens with one attached hydrogen (secondary N) is 3. The van der Waals surface area contributed by atoms with Gasteiger partial charge in [-0.1, -0.05) is 13.8 Å². The van der Waals surface area contributed by atoms with Crippen LogP contribution in [0.15, 0.2) is 0 Å². The van der Waals surface area contributed by atoms with E-state index in [2.05, 4.69) is 16.0 Å². The monoisotopic (exact) mass is 243 g/mol. The molecule has 0 heterocycles. The van der Waals surface area contributed by atoms with Gasteiger partial charge in [-0.25, -0.2) is 4.79 Å². The van der Waals surface area contributed by atoms with Crippen LogP contribution < -0.4 is 16.0 Å². The molecule has 4 N–H and O–H groups in total. The molecule has 0 bridgehead atoms. The summed E-state index contributed by atoms with van der Waals surface area (Å²) in [7, 11) is 1.45. The fourth-order valence-electron chi connectivity index (χ4n) is 1.85. The molecule has 0 radical (unpaired) electrons. The number of carbonyl (C=O) groups is 2. The zero-order chi connectivity index (χ0) is 13.2. The lowest BCUT2D eigenvalue weighted by atomic mass is 9.64. The number of carbonyl (C=O) groups excluding carboxylic acids is 2. The summed E-state index contributed by atoms with van der Waals surface area (Å²) in [5, 5.41) is 17.2. The normalized spacial score (nSPS) is 27.8. The molecule has 1 fully saturated rings. The van der Waals surface area contributed by atoms with Gasteiger partial charge in [0.1, 0.15) is 0 Å². The van der Waals surface area contributed by atoms with Gasteiger partial charge in [0.15, 0.2) is 0 Å². The second kappa shape index (κ2) is 5.01. The SMILES string of the molecule is CNC(=O)NC(=O)C(C)NC1CC(O)C1(C)C. The number of aliphatic hydroxyl groups is 1. The highest BCUT2D eigenvalue weighted by molar-refractivity contribution is 5.96. The number of urea groups is 1. The molecule has 6 heteroatoms. The Kier molecular flexibility index (Phi) is 4.11. The van der Waals surface area contributed by atoms with Gasteiger partial charge in [0, 0.05) is 18.5 Å². The molecular formula is C11H21N3O3. The number of hydrogen-bond donors (Lipinski definition) is 4. The van der Waals surface area contributed by atoms with Gasteiger partial charge in [-0.05, 0) is 13.3 Å². The van der Waals surface area contributed by atoms with Crippen LogP contribution in [-0.4, -0.2) is 42.3 Å². The summed E-state index contributed by atoms with van der Waals surface area (Å²) in [6.07, 6.45) is 0.291. The van der Waals surface area contributed by atoms with Gasteiger partial charge in [0.25, 0.3) is 0 Å². The Balaban J connectivity index is 2.42. The van der Waals surface area contributed by atoms with Crippen molar-refractivity contribution in [2.24, 2.45) is 5.41 Å². The topological polar surface area (TPSA) is 90.5 Å². The van der Waals surface area contributed by atoms with Crippen LogP contribution in [0, 0.1) is 5.41 Å². The second-order valence-corrected chi connectivity index (χ2v) is 5.08. The molecule has 0 saturated heterocycles. The van der Waals surface area contributed by atoms with E-state index in [0.29, 0.717) is 6.42 Å². The molecule has 0 aromatic rings. The standard InChI is InChI=1S/C11H21N3O3/c1-6(9(16)14-10(17)12-4)13-7-5-8(15)11(7,2)3/h6-8,13,15H,5H2,1-4H3,(H2,12,14,16,17). The highest BCUT2D eigenvalue weighted by Gasteiger charge is 2.47.